The van der Waals surface area contributed by atoms with Crippen molar-refractivity contribution in [3.63, 3.8) is 0 Å². The van der Waals surface area contributed by atoms with Gasteiger partial charge in [-0.05, 0) is 38.4 Å². The Hall–Kier alpha value is -3.00. The number of carbonyl (C=O) groups excluding carboxylic acids is 2. The number of rotatable bonds is 7. The molecule has 0 aliphatic carbocycles. The maximum absolute atomic E-state index is 12.1. The lowest BCUT2D eigenvalue weighted by molar-refractivity contribution is -0.136. The highest BCUT2D eigenvalue weighted by atomic mass is 16.5. The number of benzene rings is 1. The van der Waals surface area contributed by atoms with E-state index in [0.29, 0.717) is 22.9 Å². The fourth-order valence-electron chi connectivity index (χ4n) is 2.39. The van der Waals surface area contributed by atoms with Crippen LogP contribution < -0.4 is 20.1 Å². The number of ether oxygens (including phenoxy) is 2. The monoisotopic (exact) mass is 361 g/mol. The zero-order valence-corrected chi connectivity index (χ0v) is 15.2. The number of anilines is 1. The van der Waals surface area contributed by atoms with Crippen LogP contribution in [0.25, 0.3) is 0 Å². The fourth-order valence-corrected chi connectivity index (χ4v) is 2.39. The number of likely N-dealkylation sites (N-methyl/N-ethyl adjacent to an activating group) is 1. The van der Waals surface area contributed by atoms with E-state index in [4.69, 9.17) is 13.9 Å². The van der Waals surface area contributed by atoms with Gasteiger partial charge in [0.25, 0.3) is 0 Å². The third kappa shape index (κ3) is 4.76. The summed E-state index contributed by atoms with van der Waals surface area (Å²) in [5.41, 5.74) is 0.429. The third-order valence-electron chi connectivity index (χ3n) is 3.80. The lowest BCUT2D eigenvalue weighted by atomic mass is 10.2. The molecule has 1 aromatic heterocycles. The van der Waals surface area contributed by atoms with E-state index in [0.717, 1.165) is 0 Å². The highest BCUT2D eigenvalue weighted by Crippen LogP contribution is 2.29. The Morgan fingerprint density at radius 1 is 1.12 bits per heavy atom. The van der Waals surface area contributed by atoms with Crippen LogP contribution in [0.5, 0.6) is 11.5 Å². The minimum absolute atomic E-state index is 0.178. The second kappa shape index (κ2) is 8.91. The van der Waals surface area contributed by atoms with Crippen molar-refractivity contribution in [2.75, 3.05) is 40.2 Å². The summed E-state index contributed by atoms with van der Waals surface area (Å²) < 4.78 is 15.7. The van der Waals surface area contributed by atoms with E-state index in [9.17, 15) is 9.59 Å². The van der Waals surface area contributed by atoms with E-state index < -0.39 is 11.8 Å². The molecule has 26 heavy (non-hydrogen) atoms. The van der Waals surface area contributed by atoms with Crippen LogP contribution >= 0.6 is 0 Å². The molecule has 0 saturated carbocycles. The summed E-state index contributed by atoms with van der Waals surface area (Å²) in [6.07, 6.45) is 1.57. The van der Waals surface area contributed by atoms with E-state index >= 15 is 0 Å². The van der Waals surface area contributed by atoms with Gasteiger partial charge in [0.15, 0.2) is 11.5 Å². The summed E-state index contributed by atoms with van der Waals surface area (Å²) in [6, 6.07) is 8.26. The van der Waals surface area contributed by atoms with Crippen LogP contribution in [-0.2, 0) is 9.59 Å². The van der Waals surface area contributed by atoms with Crippen LogP contribution in [-0.4, -0.2) is 51.6 Å². The standard InChI is InChI=1S/C18H23N3O5/c1-21(2)13(14-6-5-9-26-14)11-19-17(22)18(23)20-12-7-8-15(24-3)16(10-12)25-4/h5-10,13H,11H2,1-4H3,(H,19,22)(H,20,23)/t13-/m0/s1. The smallest absolute Gasteiger partial charge is 0.313 e. The van der Waals surface area contributed by atoms with Crippen LogP contribution in [0, 0.1) is 0 Å². The van der Waals surface area contributed by atoms with Crippen LogP contribution in [0.3, 0.4) is 0 Å². The normalized spacial score (nSPS) is 11.7. The van der Waals surface area contributed by atoms with E-state index in [1.807, 2.05) is 25.1 Å². The van der Waals surface area contributed by atoms with E-state index in [1.54, 1.807) is 30.5 Å². The minimum atomic E-state index is -0.769. The zero-order chi connectivity index (χ0) is 19.1. The summed E-state index contributed by atoms with van der Waals surface area (Å²) in [5.74, 6) is 0.182. The van der Waals surface area contributed by atoms with E-state index in [1.165, 1.54) is 14.2 Å². The van der Waals surface area contributed by atoms with Crippen LogP contribution in [0.1, 0.15) is 11.8 Å². The van der Waals surface area contributed by atoms with Gasteiger partial charge in [0.05, 0.1) is 26.5 Å². The van der Waals surface area contributed by atoms with Crippen molar-refractivity contribution in [3.05, 3.63) is 42.4 Å². The predicted molar refractivity (Wildman–Crippen MR) is 96.3 cm³/mol. The first-order valence-corrected chi connectivity index (χ1v) is 7.97. The lowest BCUT2D eigenvalue weighted by Gasteiger charge is -2.22. The summed E-state index contributed by atoms with van der Waals surface area (Å²) in [5, 5.41) is 5.15. The van der Waals surface area contributed by atoms with Crippen LogP contribution in [0.15, 0.2) is 41.0 Å². The summed E-state index contributed by atoms with van der Waals surface area (Å²) in [6.45, 7) is 0.235. The number of nitrogens with one attached hydrogen (secondary N) is 2. The molecule has 0 unspecified atom stereocenters. The third-order valence-corrected chi connectivity index (χ3v) is 3.80. The van der Waals surface area contributed by atoms with Gasteiger partial charge < -0.3 is 24.5 Å². The van der Waals surface area contributed by atoms with Gasteiger partial charge in [0, 0.05) is 18.3 Å². The van der Waals surface area contributed by atoms with Crippen molar-refractivity contribution in [1.82, 2.24) is 10.2 Å². The Bertz CT molecular complexity index is 743. The molecule has 2 amide bonds. The second-order valence-electron chi connectivity index (χ2n) is 5.73. The average molecular weight is 361 g/mol. The molecule has 8 nitrogen and oxygen atoms in total. The first kappa shape index (κ1) is 19.3. The van der Waals surface area contributed by atoms with Crippen molar-refractivity contribution >= 4 is 17.5 Å². The molecule has 2 aromatic rings. The van der Waals surface area contributed by atoms with Gasteiger partial charge in [-0.3, -0.25) is 14.5 Å². The molecule has 0 spiro atoms. The molecular formula is C18H23N3O5. The highest BCUT2D eigenvalue weighted by molar-refractivity contribution is 6.39. The van der Waals surface area contributed by atoms with Crippen LogP contribution in [0.2, 0.25) is 0 Å². The number of nitrogens with zero attached hydrogens (tertiary/aromatic N) is 1. The lowest BCUT2D eigenvalue weighted by Crippen LogP contribution is -2.40. The molecule has 1 atom stereocenters. The average Bonchev–Trinajstić information content (AvgIpc) is 3.15. The highest BCUT2D eigenvalue weighted by Gasteiger charge is 2.21. The number of amides is 2. The van der Waals surface area contributed by atoms with Gasteiger partial charge in [0.1, 0.15) is 5.76 Å². The van der Waals surface area contributed by atoms with E-state index in [-0.39, 0.29) is 12.6 Å². The van der Waals surface area contributed by atoms with Gasteiger partial charge in [-0.25, -0.2) is 0 Å². The Morgan fingerprint density at radius 2 is 1.85 bits per heavy atom. The van der Waals surface area contributed by atoms with Gasteiger partial charge in [-0.2, -0.15) is 0 Å². The first-order valence-electron chi connectivity index (χ1n) is 7.97. The molecular weight excluding hydrogens is 338 g/mol. The number of carbonyl (C=O) groups is 2. The number of methoxy groups -OCH3 is 2. The number of furan rings is 1. The van der Waals surface area contributed by atoms with Crippen molar-refractivity contribution in [2.24, 2.45) is 0 Å². The molecule has 1 heterocycles. The van der Waals surface area contributed by atoms with Gasteiger partial charge in [0.2, 0.25) is 0 Å². The maximum Gasteiger partial charge on any atom is 0.313 e. The molecule has 0 aliphatic rings. The van der Waals surface area contributed by atoms with Crippen molar-refractivity contribution in [1.29, 1.82) is 0 Å². The summed E-state index contributed by atoms with van der Waals surface area (Å²) in [4.78, 5) is 26.1. The Morgan fingerprint density at radius 3 is 2.42 bits per heavy atom. The molecule has 0 saturated heterocycles. The topological polar surface area (TPSA) is 93.0 Å². The Kier molecular flexibility index (Phi) is 6.62. The number of hydrogen-bond donors (Lipinski definition) is 2. The van der Waals surface area contributed by atoms with Crippen molar-refractivity contribution < 1.29 is 23.5 Å². The molecule has 8 heteroatoms. The number of hydrogen-bond acceptors (Lipinski definition) is 6. The molecule has 0 fully saturated rings. The van der Waals surface area contributed by atoms with Crippen molar-refractivity contribution in [3.8, 4) is 11.5 Å². The summed E-state index contributed by atoms with van der Waals surface area (Å²) >= 11 is 0. The quantitative estimate of drug-likeness (QED) is 0.729. The molecule has 2 N–H and O–H groups in total. The van der Waals surface area contributed by atoms with Gasteiger partial charge >= 0.3 is 11.8 Å². The maximum atomic E-state index is 12.1. The Balaban J connectivity index is 1.96. The molecule has 1 aromatic carbocycles. The molecule has 140 valence electrons. The van der Waals surface area contributed by atoms with Gasteiger partial charge in [-0.15, -0.1) is 0 Å². The van der Waals surface area contributed by atoms with Gasteiger partial charge in [-0.1, -0.05) is 0 Å². The fraction of sp³-hybridized carbons (Fsp3) is 0.333. The molecule has 0 radical (unpaired) electrons. The predicted octanol–water partition coefficient (Wildman–Crippen LogP) is 1.65. The molecule has 0 bridgehead atoms. The first-order chi connectivity index (χ1) is 12.5. The Labute approximate surface area is 152 Å². The largest absolute Gasteiger partial charge is 0.493 e. The minimum Gasteiger partial charge on any atom is -0.493 e. The van der Waals surface area contributed by atoms with Crippen LogP contribution in [0.4, 0.5) is 5.69 Å². The second-order valence-corrected chi connectivity index (χ2v) is 5.73. The van der Waals surface area contributed by atoms with Crippen molar-refractivity contribution in [2.45, 2.75) is 6.04 Å². The van der Waals surface area contributed by atoms with E-state index in [2.05, 4.69) is 10.6 Å². The molecule has 0 aliphatic heterocycles. The zero-order valence-electron chi connectivity index (χ0n) is 15.2. The molecule has 2 rings (SSSR count). The SMILES string of the molecule is COc1ccc(NC(=O)C(=O)NC[C@@H](c2ccco2)N(C)C)cc1OC. The summed E-state index contributed by atoms with van der Waals surface area (Å²) in [7, 11) is 6.74.